The highest BCUT2D eigenvalue weighted by Crippen LogP contribution is 2.11. The summed E-state index contributed by atoms with van der Waals surface area (Å²) in [6.07, 6.45) is 8.31. The van der Waals surface area contributed by atoms with E-state index in [0.717, 1.165) is 0 Å². The third-order valence-corrected chi connectivity index (χ3v) is 3.95. The van der Waals surface area contributed by atoms with Crippen molar-refractivity contribution in [3.8, 4) is 0 Å². The second-order valence-electron chi connectivity index (χ2n) is 5.89. The molecule has 4 rings (SSSR count). The first kappa shape index (κ1) is 17.4. The lowest BCUT2D eigenvalue weighted by Gasteiger charge is -1.92. The largest absolute Gasteiger partial charge is 0.0622 e. The van der Waals surface area contributed by atoms with Gasteiger partial charge in [-0.25, -0.2) is 0 Å². The van der Waals surface area contributed by atoms with Gasteiger partial charge in [-0.3, -0.25) is 0 Å². The fourth-order valence-electron chi connectivity index (χ4n) is 2.59. The molecule has 26 heavy (non-hydrogen) atoms. The summed E-state index contributed by atoms with van der Waals surface area (Å²) in [7, 11) is 0. The van der Waals surface area contributed by atoms with Crippen LogP contribution in [-0.2, 0) is 0 Å². The number of benzene rings is 4. The quantitative estimate of drug-likeness (QED) is 0.346. The van der Waals surface area contributed by atoms with Crippen molar-refractivity contribution in [3.05, 3.63) is 132 Å². The van der Waals surface area contributed by atoms with E-state index in [4.69, 9.17) is 0 Å². The topological polar surface area (TPSA) is 0 Å². The second-order valence-corrected chi connectivity index (χ2v) is 5.89. The zero-order valence-corrected chi connectivity index (χ0v) is 14.7. The summed E-state index contributed by atoms with van der Waals surface area (Å²) < 4.78 is 0. The first-order chi connectivity index (χ1) is 12.9. The summed E-state index contributed by atoms with van der Waals surface area (Å²) >= 11 is 0. The second kappa shape index (κ2) is 9.80. The Morgan fingerprint density at radius 1 is 0.346 bits per heavy atom. The maximum Gasteiger partial charge on any atom is -0.0184 e. The van der Waals surface area contributed by atoms with Gasteiger partial charge in [0, 0.05) is 0 Å². The van der Waals surface area contributed by atoms with Crippen molar-refractivity contribution in [3.63, 3.8) is 0 Å². The molecule has 0 amide bonds. The maximum absolute atomic E-state index is 2.12. The molecular formula is C26H22. The number of rotatable bonds is 3. The van der Waals surface area contributed by atoms with Gasteiger partial charge < -0.3 is 0 Å². The normalized spacial score (nSPS) is 10.8. The summed E-state index contributed by atoms with van der Waals surface area (Å²) in [5.41, 5.74) is 2.44. The zero-order chi connectivity index (χ0) is 17.9. The van der Waals surface area contributed by atoms with Crippen LogP contribution in [0.15, 0.2) is 121 Å². The van der Waals surface area contributed by atoms with Gasteiger partial charge in [0.25, 0.3) is 0 Å². The Hall–Kier alpha value is -3.38. The SMILES string of the molecule is C(/C=C/c1ccccc1)=C\c1ccccc1.c1ccc2ccccc2c1. The molecule has 0 aliphatic carbocycles. The van der Waals surface area contributed by atoms with Crippen LogP contribution in [-0.4, -0.2) is 0 Å². The Morgan fingerprint density at radius 3 is 1.00 bits per heavy atom. The Kier molecular flexibility index (Phi) is 6.58. The summed E-state index contributed by atoms with van der Waals surface area (Å²) in [5.74, 6) is 0. The molecule has 0 aromatic heterocycles. The Bertz CT molecular complexity index is 851. The Morgan fingerprint density at radius 2 is 0.654 bits per heavy atom. The summed E-state index contributed by atoms with van der Waals surface area (Å²) in [6, 6.07) is 37.3. The van der Waals surface area contributed by atoms with Crippen LogP contribution in [0.4, 0.5) is 0 Å². The predicted octanol–water partition coefficient (Wildman–Crippen LogP) is 7.25. The number of hydrogen-bond acceptors (Lipinski definition) is 0. The molecule has 0 saturated carbocycles. The van der Waals surface area contributed by atoms with E-state index in [2.05, 4.69) is 97.1 Å². The smallest absolute Gasteiger partial charge is 0.0184 e. The van der Waals surface area contributed by atoms with Crippen LogP contribution in [0.2, 0.25) is 0 Å². The molecule has 0 spiro atoms. The monoisotopic (exact) mass is 334 g/mol. The van der Waals surface area contributed by atoms with Crippen molar-refractivity contribution in [2.75, 3.05) is 0 Å². The van der Waals surface area contributed by atoms with Crippen LogP contribution in [0.3, 0.4) is 0 Å². The summed E-state index contributed by atoms with van der Waals surface area (Å²) in [6.45, 7) is 0. The highest BCUT2D eigenvalue weighted by Gasteiger charge is 1.85. The van der Waals surface area contributed by atoms with Gasteiger partial charge in [-0.15, -0.1) is 0 Å². The third kappa shape index (κ3) is 5.61. The molecule has 0 saturated heterocycles. The summed E-state index contributed by atoms with van der Waals surface area (Å²) in [4.78, 5) is 0. The lowest BCUT2D eigenvalue weighted by Crippen LogP contribution is -1.68. The molecule has 0 fully saturated rings. The maximum atomic E-state index is 2.12. The molecule has 4 aromatic rings. The molecule has 4 aromatic carbocycles. The van der Waals surface area contributed by atoms with E-state index in [1.54, 1.807) is 0 Å². The van der Waals surface area contributed by atoms with Gasteiger partial charge in [0.15, 0.2) is 0 Å². The van der Waals surface area contributed by atoms with E-state index in [9.17, 15) is 0 Å². The molecule has 0 radical (unpaired) electrons. The Balaban J connectivity index is 0.000000167. The van der Waals surface area contributed by atoms with Crippen molar-refractivity contribution < 1.29 is 0 Å². The van der Waals surface area contributed by atoms with Gasteiger partial charge >= 0.3 is 0 Å². The average molecular weight is 334 g/mol. The minimum absolute atomic E-state index is 1.22. The van der Waals surface area contributed by atoms with Crippen LogP contribution in [0.25, 0.3) is 22.9 Å². The van der Waals surface area contributed by atoms with Crippen LogP contribution in [0, 0.1) is 0 Å². The van der Waals surface area contributed by atoms with E-state index in [-0.39, 0.29) is 0 Å². The van der Waals surface area contributed by atoms with Crippen LogP contribution in [0.5, 0.6) is 0 Å². The minimum Gasteiger partial charge on any atom is -0.0622 e. The van der Waals surface area contributed by atoms with Crippen LogP contribution < -0.4 is 0 Å². The summed E-state index contributed by atoms with van der Waals surface area (Å²) in [5, 5.41) is 2.62. The van der Waals surface area contributed by atoms with Crippen molar-refractivity contribution in [1.29, 1.82) is 0 Å². The standard InChI is InChI=1S/C16H14.C10H8/c1-3-9-15(10-4-1)13-7-8-14-16-11-5-2-6-12-16;1-2-6-10-8-4-3-7-9(10)5-1/h1-14H;1-8H/b13-7+,14-8+;. The predicted molar refractivity (Wildman–Crippen MR) is 115 cm³/mol. The van der Waals surface area contributed by atoms with Crippen molar-refractivity contribution in [2.24, 2.45) is 0 Å². The Labute approximate surface area is 155 Å². The van der Waals surface area contributed by atoms with E-state index in [0.29, 0.717) is 0 Å². The number of fused-ring (bicyclic) bond motifs is 1. The van der Waals surface area contributed by atoms with Crippen LogP contribution in [0.1, 0.15) is 11.1 Å². The van der Waals surface area contributed by atoms with Gasteiger partial charge in [0.05, 0.1) is 0 Å². The average Bonchev–Trinajstić information content (AvgIpc) is 2.73. The fourth-order valence-corrected chi connectivity index (χ4v) is 2.59. The first-order valence-corrected chi connectivity index (χ1v) is 8.80. The molecule has 0 atom stereocenters. The van der Waals surface area contributed by atoms with E-state index in [1.165, 1.54) is 21.9 Å². The molecule has 0 heteroatoms. The number of allylic oxidation sites excluding steroid dienone is 2. The number of hydrogen-bond donors (Lipinski definition) is 0. The first-order valence-electron chi connectivity index (χ1n) is 8.80. The van der Waals surface area contributed by atoms with Gasteiger partial charge in [0.2, 0.25) is 0 Å². The molecule has 0 nitrogen and oxygen atoms in total. The molecule has 0 aliphatic heterocycles. The fraction of sp³-hybridized carbons (Fsp3) is 0. The molecule has 0 aliphatic rings. The molecule has 0 N–H and O–H groups in total. The van der Waals surface area contributed by atoms with Gasteiger partial charge in [0.1, 0.15) is 0 Å². The van der Waals surface area contributed by atoms with Crippen molar-refractivity contribution in [1.82, 2.24) is 0 Å². The highest BCUT2D eigenvalue weighted by atomic mass is 13.9. The minimum atomic E-state index is 1.22. The third-order valence-electron chi connectivity index (χ3n) is 3.95. The van der Waals surface area contributed by atoms with E-state index in [1.807, 2.05) is 36.4 Å². The lowest BCUT2D eigenvalue weighted by atomic mass is 10.1. The van der Waals surface area contributed by atoms with E-state index < -0.39 is 0 Å². The molecule has 0 heterocycles. The van der Waals surface area contributed by atoms with Crippen LogP contribution >= 0.6 is 0 Å². The van der Waals surface area contributed by atoms with Crippen molar-refractivity contribution in [2.45, 2.75) is 0 Å². The highest BCUT2D eigenvalue weighted by molar-refractivity contribution is 5.82. The lowest BCUT2D eigenvalue weighted by molar-refractivity contribution is 1.65. The molecule has 0 bridgehead atoms. The zero-order valence-electron chi connectivity index (χ0n) is 14.7. The van der Waals surface area contributed by atoms with E-state index >= 15 is 0 Å². The van der Waals surface area contributed by atoms with Gasteiger partial charge in [-0.05, 0) is 21.9 Å². The van der Waals surface area contributed by atoms with Gasteiger partial charge in [-0.2, -0.15) is 0 Å². The molecule has 0 unspecified atom stereocenters. The van der Waals surface area contributed by atoms with Gasteiger partial charge in [-0.1, -0.05) is 133 Å². The molecular weight excluding hydrogens is 312 g/mol. The van der Waals surface area contributed by atoms with Crippen molar-refractivity contribution >= 4 is 22.9 Å². The molecule has 126 valence electrons.